The van der Waals surface area contributed by atoms with E-state index >= 15 is 0 Å². The molecule has 1 aliphatic heterocycles. The van der Waals surface area contributed by atoms with E-state index in [0.717, 1.165) is 25.2 Å². The highest BCUT2D eigenvalue weighted by atomic mass is 35.5. The molecule has 18 heavy (non-hydrogen) atoms. The van der Waals surface area contributed by atoms with Crippen LogP contribution in [-0.2, 0) is 11.3 Å². The molecule has 0 unspecified atom stereocenters. The fourth-order valence-corrected chi connectivity index (χ4v) is 2.29. The Kier molecular flexibility index (Phi) is 4.43. The topological polar surface area (TPSA) is 36.4 Å². The molecule has 2 heterocycles. The summed E-state index contributed by atoms with van der Waals surface area (Å²) in [7, 11) is 1.83. The first kappa shape index (κ1) is 13.6. The Bertz CT molecular complexity index is 453. The summed E-state index contributed by atoms with van der Waals surface area (Å²) in [6.45, 7) is 2.62. The van der Waals surface area contributed by atoms with Crippen molar-refractivity contribution in [2.45, 2.75) is 13.0 Å². The third kappa shape index (κ3) is 3.34. The third-order valence-electron chi connectivity index (χ3n) is 3.01. The van der Waals surface area contributed by atoms with E-state index in [9.17, 15) is 4.79 Å². The van der Waals surface area contributed by atoms with Crippen molar-refractivity contribution in [2.24, 2.45) is 0 Å². The highest BCUT2D eigenvalue weighted by molar-refractivity contribution is 6.32. The number of aromatic nitrogens is 1. The average Bonchev–Trinajstić information content (AvgIpc) is 2.47. The van der Waals surface area contributed by atoms with E-state index in [0.29, 0.717) is 23.3 Å². The Balaban J connectivity index is 2.08. The maximum Gasteiger partial charge on any atom is 0.236 e. The zero-order valence-electron chi connectivity index (χ0n) is 10.2. The van der Waals surface area contributed by atoms with Gasteiger partial charge in [-0.05, 0) is 18.6 Å². The van der Waals surface area contributed by atoms with Crippen LogP contribution in [0, 0.1) is 0 Å². The van der Waals surface area contributed by atoms with Gasteiger partial charge in [0.25, 0.3) is 0 Å². The first-order valence-electron chi connectivity index (χ1n) is 5.83. The predicted octanol–water partition coefficient (Wildman–Crippen LogP) is 2.05. The highest BCUT2D eigenvalue weighted by Crippen LogP contribution is 2.19. The van der Waals surface area contributed by atoms with Gasteiger partial charge in [0.15, 0.2) is 0 Å². The summed E-state index contributed by atoms with van der Waals surface area (Å²) in [6.07, 6.45) is 0.959. The predicted molar refractivity (Wildman–Crippen MR) is 71.8 cm³/mol. The van der Waals surface area contributed by atoms with Crippen molar-refractivity contribution < 1.29 is 4.79 Å². The van der Waals surface area contributed by atoms with Gasteiger partial charge in [-0.15, -0.1) is 0 Å². The molecular weight excluding hydrogens is 273 g/mol. The fraction of sp³-hybridized carbons (Fsp3) is 0.500. The van der Waals surface area contributed by atoms with Crippen LogP contribution in [0.2, 0.25) is 10.2 Å². The van der Waals surface area contributed by atoms with Crippen molar-refractivity contribution >= 4 is 29.1 Å². The summed E-state index contributed by atoms with van der Waals surface area (Å²) in [4.78, 5) is 19.8. The van der Waals surface area contributed by atoms with Crippen LogP contribution in [0.5, 0.6) is 0 Å². The molecule has 2 rings (SSSR count). The van der Waals surface area contributed by atoms with Gasteiger partial charge in [0, 0.05) is 26.7 Å². The molecule has 0 atom stereocenters. The standard InChI is InChI=1S/C12H15Cl2N3O/c1-16-5-2-6-17(8-12(16)18)7-10-9(13)3-4-11(14)15-10/h3-4H,2,5-8H2,1H3. The lowest BCUT2D eigenvalue weighted by Gasteiger charge is -2.19. The molecule has 6 heteroatoms. The van der Waals surface area contributed by atoms with Gasteiger partial charge < -0.3 is 4.90 Å². The Morgan fingerprint density at radius 2 is 2.11 bits per heavy atom. The van der Waals surface area contributed by atoms with E-state index in [2.05, 4.69) is 9.88 Å². The first-order chi connectivity index (χ1) is 8.56. The Labute approximate surface area is 116 Å². The zero-order chi connectivity index (χ0) is 13.1. The van der Waals surface area contributed by atoms with Crippen LogP contribution >= 0.6 is 23.2 Å². The SMILES string of the molecule is CN1CCCN(Cc2nc(Cl)ccc2Cl)CC1=O. The summed E-state index contributed by atoms with van der Waals surface area (Å²) < 4.78 is 0. The lowest BCUT2D eigenvalue weighted by molar-refractivity contribution is -0.130. The van der Waals surface area contributed by atoms with Crippen molar-refractivity contribution in [3.8, 4) is 0 Å². The molecule has 0 aromatic carbocycles. The number of nitrogens with zero attached hydrogens (tertiary/aromatic N) is 3. The number of likely N-dealkylation sites (N-methyl/N-ethyl adjacent to an activating group) is 1. The molecule has 0 aliphatic carbocycles. The highest BCUT2D eigenvalue weighted by Gasteiger charge is 2.20. The normalized spacial score (nSPS) is 17.9. The Hall–Kier alpha value is -0.840. The van der Waals surface area contributed by atoms with Crippen LogP contribution in [0.25, 0.3) is 0 Å². The second kappa shape index (κ2) is 5.87. The molecule has 1 aliphatic rings. The summed E-state index contributed by atoms with van der Waals surface area (Å²) >= 11 is 11.9. The molecule has 1 aromatic rings. The van der Waals surface area contributed by atoms with Gasteiger partial charge in [0.2, 0.25) is 5.91 Å². The number of carbonyl (C=O) groups is 1. The lowest BCUT2D eigenvalue weighted by atomic mass is 10.3. The van der Waals surface area contributed by atoms with E-state index < -0.39 is 0 Å². The Morgan fingerprint density at radius 3 is 2.89 bits per heavy atom. The van der Waals surface area contributed by atoms with Gasteiger partial charge in [-0.25, -0.2) is 4.98 Å². The van der Waals surface area contributed by atoms with E-state index in [1.165, 1.54) is 0 Å². The van der Waals surface area contributed by atoms with Crippen molar-refractivity contribution in [1.82, 2.24) is 14.8 Å². The molecule has 1 aromatic heterocycles. The smallest absolute Gasteiger partial charge is 0.236 e. The molecule has 1 fully saturated rings. The van der Waals surface area contributed by atoms with Crippen LogP contribution in [-0.4, -0.2) is 47.4 Å². The quantitative estimate of drug-likeness (QED) is 0.782. The number of halogens is 2. The van der Waals surface area contributed by atoms with E-state index in [-0.39, 0.29) is 5.91 Å². The number of hydrogen-bond acceptors (Lipinski definition) is 3. The van der Waals surface area contributed by atoms with Gasteiger partial charge in [0.05, 0.1) is 17.3 Å². The molecule has 4 nitrogen and oxygen atoms in total. The molecule has 1 amide bonds. The number of pyridine rings is 1. The zero-order valence-corrected chi connectivity index (χ0v) is 11.7. The monoisotopic (exact) mass is 287 g/mol. The van der Waals surface area contributed by atoms with E-state index in [4.69, 9.17) is 23.2 Å². The molecule has 0 saturated carbocycles. The molecule has 1 saturated heterocycles. The number of carbonyl (C=O) groups excluding carboxylic acids is 1. The molecular formula is C12H15Cl2N3O. The van der Waals surface area contributed by atoms with Crippen molar-refractivity contribution in [3.05, 3.63) is 28.0 Å². The average molecular weight is 288 g/mol. The van der Waals surface area contributed by atoms with Crippen molar-refractivity contribution in [2.75, 3.05) is 26.7 Å². The van der Waals surface area contributed by atoms with Gasteiger partial charge in [-0.3, -0.25) is 9.69 Å². The van der Waals surface area contributed by atoms with Gasteiger partial charge in [-0.2, -0.15) is 0 Å². The Morgan fingerprint density at radius 1 is 1.33 bits per heavy atom. The molecule has 0 N–H and O–H groups in total. The maximum atomic E-state index is 11.8. The van der Waals surface area contributed by atoms with Gasteiger partial charge >= 0.3 is 0 Å². The lowest BCUT2D eigenvalue weighted by Crippen LogP contribution is -2.34. The van der Waals surface area contributed by atoms with E-state index in [1.54, 1.807) is 17.0 Å². The minimum atomic E-state index is 0.130. The third-order valence-corrected chi connectivity index (χ3v) is 3.57. The molecule has 0 spiro atoms. The van der Waals surface area contributed by atoms with Crippen LogP contribution in [0.1, 0.15) is 12.1 Å². The summed E-state index contributed by atoms with van der Waals surface area (Å²) in [5.74, 6) is 0.130. The number of rotatable bonds is 2. The van der Waals surface area contributed by atoms with Crippen LogP contribution in [0.3, 0.4) is 0 Å². The molecule has 0 radical (unpaired) electrons. The van der Waals surface area contributed by atoms with Gasteiger partial charge in [-0.1, -0.05) is 23.2 Å². The van der Waals surface area contributed by atoms with Crippen LogP contribution in [0.15, 0.2) is 12.1 Å². The summed E-state index contributed by atoms with van der Waals surface area (Å²) in [5.41, 5.74) is 0.724. The second-order valence-electron chi connectivity index (χ2n) is 4.44. The minimum absolute atomic E-state index is 0.130. The van der Waals surface area contributed by atoms with Crippen LogP contribution < -0.4 is 0 Å². The summed E-state index contributed by atoms with van der Waals surface area (Å²) in [6, 6.07) is 3.40. The summed E-state index contributed by atoms with van der Waals surface area (Å²) in [5, 5.41) is 1.01. The molecule has 98 valence electrons. The number of amides is 1. The maximum absolute atomic E-state index is 11.8. The fourth-order valence-electron chi connectivity index (χ4n) is 1.96. The van der Waals surface area contributed by atoms with Crippen molar-refractivity contribution in [3.63, 3.8) is 0 Å². The number of hydrogen-bond donors (Lipinski definition) is 0. The largest absolute Gasteiger partial charge is 0.345 e. The minimum Gasteiger partial charge on any atom is -0.345 e. The second-order valence-corrected chi connectivity index (χ2v) is 5.24. The first-order valence-corrected chi connectivity index (χ1v) is 6.59. The van der Waals surface area contributed by atoms with E-state index in [1.807, 2.05) is 7.05 Å². The van der Waals surface area contributed by atoms with Gasteiger partial charge in [0.1, 0.15) is 5.15 Å². The van der Waals surface area contributed by atoms with Crippen LogP contribution in [0.4, 0.5) is 0 Å². The molecule has 0 bridgehead atoms. The van der Waals surface area contributed by atoms with Crippen molar-refractivity contribution in [1.29, 1.82) is 0 Å².